The summed E-state index contributed by atoms with van der Waals surface area (Å²) in [7, 11) is 1.75. The van der Waals surface area contributed by atoms with E-state index in [0.717, 1.165) is 38.8 Å². The van der Waals surface area contributed by atoms with Crippen LogP contribution in [-0.4, -0.2) is 62.8 Å². The lowest BCUT2D eigenvalue weighted by Gasteiger charge is -2.36. The van der Waals surface area contributed by atoms with Gasteiger partial charge in [-0.3, -0.25) is 9.80 Å². The molecule has 0 spiro atoms. The van der Waals surface area contributed by atoms with Crippen LogP contribution >= 0.6 is 0 Å². The van der Waals surface area contributed by atoms with Crippen molar-refractivity contribution >= 4 is 0 Å². The summed E-state index contributed by atoms with van der Waals surface area (Å²) in [5.74, 6) is 0.814. The Hall–Kier alpha value is -0.940. The van der Waals surface area contributed by atoms with Crippen LogP contribution in [0.4, 0.5) is 0 Å². The highest BCUT2D eigenvalue weighted by Crippen LogP contribution is 2.20. The highest BCUT2D eigenvalue weighted by molar-refractivity contribution is 5.22. The number of morpholine rings is 1. The molecular weight excluding hydrogens is 288 g/mol. The van der Waals surface area contributed by atoms with Gasteiger partial charge in [-0.05, 0) is 36.4 Å². The molecule has 2 fully saturated rings. The molecule has 23 heavy (non-hydrogen) atoms. The normalized spacial score (nSPS) is 24.0. The van der Waals surface area contributed by atoms with Crippen LogP contribution in [0.25, 0.3) is 0 Å². The van der Waals surface area contributed by atoms with E-state index >= 15 is 0 Å². The maximum atomic E-state index is 5.45. The number of rotatable bonds is 6. The molecule has 0 unspecified atom stereocenters. The molecule has 3 rings (SSSR count). The van der Waals surface area contributed by atoms with E-state index in [9.17, 15) is 0 Å². The van der Waals surface area contributed by atoms with Crippen LogP contribution in [0.1, 0.15) is 24.0 Å². The van der Waals surface area contributed by atoms with E-state index in [1.807, 2.05) is 0 Å². The number of likely N-dealkylation sites (tertiary alicyclic amines) is 1. The molecule has 4 heteroatoms. The van der Waals surface area contributed by atoms with Gasteiger partial charge in [-0.2, -0.15) is 0 Å². The standard InChI is InChI=1S/C19H30N2O2/c1-22-16-18-6-4-17(5-7-18)13-21-8-2-3-19(15-21)14-20-9-11-23-12-10-20/h4-7,19H,2-3,8-16H2,1H3/t19-/m1/s1. The summed E-state index contributed by atoms with van der Waals surface area (Å²) in [6.45, 7) is 9.52. The van der Waals surface area contributed by atoms with Crippen LogP contribution in [0.2, 0.25) is 0 Å². The number of methoxy groups -OCH3 is 1. The largest absolute Gasteiger partial charge is 0.380 e. The molecule has 0 bridgehead atoms. The molecule has 1 atom stereocenters. The molecule has 2 saturated heterocycles. The Morgan fingerprint density at radius 1 is 1.04 bits per heavy atom. The third kappa shape index (κ3) is 5.28. The first kappa shape index (κ1) is 16.9. The lowest BCUT2D eigenvalue weighted by atomic mass is 9.96. The van der Waals surface area contributed by atoms with Gasteiger partial charge in [-0.25, -0.2) is 0 Å². The minimum Gasteiger partial charge on any atom is -0.380 e. The van der Waals surface area contributed by atoms with Gasteiger partial charge in [0.05, 0.1) is 19.8 Å². The molecule has 2 aliphatic rings. The van der Waals surface area contributed by atoms with E-state index in [-0.39, 0.29) is 0 Å². The Morgan fingerprint density at radius 3 is 2.52 bits per heavy atom. The van der Waals surface area contributed by atoms with E-state index in [4.69, 9.17) is 9.47 Å². The number of piperidine rings is 1. The Labute approximate surface area is 140 Å². The van der Waals surface area contributed by atoms with E-state index in [1.54, 1.807) is 7.11 Å². The number of hydrogen-bond acceptors (Lipinski definition) is 4. The average molecular weight is 318 g/mol. The van der Waals surface area contributed by atoms with Crippen LogP contribution < -0.4 is 0 Å². The predicted octanol–water partition coefficient (Wildman–Crippen LogP) is 2.38. The Morgan fingerprint density at radius 2 is 1.78 bits per heavy atom. The van der Waals surface area contributed by atoms with Crippen molar-refractivity contribution in [3.8, 4) is 0 Å². The van der Waals surface area contributed by atoms with Crippen LogP contribution in [0, 0.1) is 5.92 Å². The number of nitrogens with zero attached hydrogens (tertiary/aromatic N) is 2. The van der Waals surface area contributed by atoms with Crippen molar-refractivity contribution in [2.24, 2.45) is 5.92 Å². The molecule has 2 aliphatic heterocycles. The van der Waals surface area contributed by atoms with E-state index in [2.05, 4.69) is 34.1 Å². The summed E-state index contributed by atoms with van der Waals surface area (Å²) < 4.78 is 10.6. The van der Waals surface area contributed by atoms with Gasteiger partial charge in [-0.1, -0.05) is 24.3 Å². The van der Waals surface area contributed by atoms with Crippen molar-refractivity contribution in [2.45, 2.75) is 26.0 Å². The zero-order chi connectivity index (χ0) is 15.9. The van der Waals surface area contributed by atoms with Crippen LogP contribution in [-0.2, 0) is 22.6 Å². The highest BCUT2D eigenvalue weighted by atomic mass is 16.5. The lowest BCUT2D eigenvalue weighted by molar-refractivity contribution is 0.0224. The lowest BCUT2D eigenvalue weighted by Crippen LogP contribution is -2.44. The SMILES string of the molecule is COCc1ccc(CN2CCC[C@H](CN3CCOCC3)C2)cc1. The maximum absolute atomic E-state index is 5.45. The van der Waals surface area contributed by atoms with Gasteiger partial charge in [0, 0.05) is 39.8 Å². The fourth-order valence-electron chi connectivity index (χ4n) is 3.76. The molecule has 0 aliphatic carbocycles. The van der Waals surface area contributed by atoms with Gasteiger partial charge in [0.15, 0.2) is 0 Å². The van der Waals surface area contributed by atoms with E-state index in [1.165, 1.54) is 43.6 Å². The van der Waals surface area contributed by atoms with Crippen molar-refractivity contribution in [3.63, 3.8) is 0 Å². The number of ether oxygens (including phenoxy) is 2. The summed E-state index contributed by atoms with van der Waals surface area (Å²) in [5.41, 5.74) is 2.66. The summed E-state index contributed by atoms with van der Waals surface area (Å²) in [4.78, 5) is 5.21. The quantitative estimate of drug-likeness (QED) is 0.804. The molecule has 0 amide bonds. The Kier molecular flexibility index (Phi) is 6.46. The molecular formula is C19H30N2O2. The van der Waals surface area contributed by atoms with Crippen molar-refractivity contribution in [1.82, 2.24) is 9.80 Å². The zero-order valence-electron chi connectivity index (χ0n) is 14.4. The van der Waals surface area contributed by atoms with Gasteiger partial charge in [0.1, 0.15) is 0 Å². The summed E-state index contributed by atoms with van der Waals surface area (Å²) in [6.07, 6.45) is 2.71. The first-order chi connectivity index (χ1) is 11.3. The third-order valence-electron chi connectivity index (χ3n) is 4.96. The van der Waals surface area contributed by atoms with Crippen LogP contribution in [0.5, 0.6) is 0 Å². The second-order valence-electron chi connectivity index (χ2n) is 6.91. The molecule has 4 nitrogen and oxygen atoms in total. The topological polar surface area (TPSA) is 24.9 Å². The highest BCUT2D eigenvalue weighted by Gasteiger charge is 2.23. The molecule has 1 aromatic carbocycles. The number of hydrogen-bond donors (Lipinski definition) is 0. The molecule has 128 valence electrons. The second kappa shape index (κ2) is 8.78. The molecule has 1 aromatic rings. The van der Waals surface area contributed by atoms with Crippen molar-refractivity contribution in [2.75, 3.05) is 53.0 Å². The molecule has 0 aromatic heterocycles. The Balaban J connectivity index is 1.47. The number of benzene rings is 1. The Bertz CT molecular complexity index is 457. The van der Waals surface area contributed by atoms with Gasteiger partial charge in [0.2, 0.25) is 0 Å². The second-order valence-corrected chi connectivity index (χ2v) is 6.91. The molecule has 0 N–H and O–H groups in total. The average Bonchev–Trinajstić information content (AvgIpc) is 2.58. The van der Waals surface area contributed by atoms with E-state index < -0.39 is 0 Å². The van der Waals surface area contributed by atoms with Gasteiger partial charge < -0.3 is 9.47 Å². The fraction of sp³-hybridized carbons (Fsp3) is 0.684. The first-order valence-electron chi connectivity index (χ1n) is 8.92. The van der Waals surface area contributed by atoms with E-state index in [0.29, 0.717) is 6.61 Å². The summed E-state index contributed by atoms with van der Waals surface area (Å²) in [6, 6.07) is 8.88. The van der Waals surface area contributed by atoms with Crippen molar-refractivity contribution in [3.05, 3.63) is 35.4 Å². The molecule has 0 radical (unpaired) electrons. The zero-order valence-corrected chi connectivity index (χ0v) is 14.4. The minimum absolute atomic E-state index is 0.700. The maximum Gasteiger partial charge on any atom is 0.0713 e. The fourth-order valence-corrected chi connectivity index (χ4v) is 3.76. The van der Waals surface area contributed by atoms with Gasteiger partial charge >= 0.3 is 0 Å². The smallest absolute Gasteiger partial charge is 0.0713 e. The monoisotopic (exact) mass is 318 g/mol. The van der Waals surface area contributed by atoms with Crippen LogP contribution in [0.3, 0.4) is 0 Å². The van der Waals surface area contributed by atoms with Gasteiger partial charge in [-0.15, -0.1) is 0 Å². The van der Waals surface area contributed by atoms with Crippen LogP contribution in [0.15, 0.2) is 24.3 Å². The predicted molar refractivity (Wildman–Crippen MR) is 92.4 cm³/mol. The third-order valence-corrected chi connectivity index (χ3v) is 4.96. The molecule has 2 heterocycles. The van der Waals surface area contributed by atoms with Gasteiger partial charge in [0.25, 0.3) is 0 Å². The van der Waals surface area contributed by atoms with Crippen molar-refractivity contribution < 1.29 is 9.47 Å². The first-order valence-corrected chi connectivity index (χ1v) is 8.92. The minimum atomic E-state index is 0.700. The van der Waals surface area contributed by atoms with Crippen molar-refractivity contribution in [1.29, 1.82) is 0 Å². The summed E-state index contributed by atoms with van der Waals surface area (Å²) >= 11 is 0. The summed E-state index contributed by atoms with van der Waals surface area (Å²) in [5, 5.41) is 0. The molecule has 0 saturated carbocycles.